The van der Waals surface area contributed by atoms with Crippen LogP contribution in [0.2, 0.25) is 0 Å². The monoisotopic (exact) mass is 427 g/mol. The Bertz CT molecular complexity index is 903. The van der Waals surface area contributed by atoms with Crippen LogP contribution >= 0.6 is 0 Å². The summed E-state index contributed by atoms with van der Waals surface area (Å²) in [6.07, 6.45) is -1.61. The van der Waals surface area contributed by atoms with E-state index >= 15 is 0 Å². The van der Waals surface area contributed by atoms with Crippen LogP contribution < -0.4 is 10.2 Å². The van der Waals surface area contributed by atoms with Crippen LogP contribution in [0.4, 0.5) is 5.69 Å². The minimum Gasteiger partial charge on any atom is -0.390 e. The fourth-order valence-electron chi connectivity index (χ4n) is 3.58. The number of benzene rings is 2. The number of rotatable bonds is 7. The van der Waals surface area contributed by atoms with Gasteiger partial charge in [-0.25, -0.2) is 5.06 Å². The maximum absolute atomic E-state index is 12.4. The van der Waals surface area contributed by atoms with Gasteiger partial charge in [0, 0.05) is 42.9 Å². The SMILES string of the molecule is CN(C)c1ccc(C(=O)NC[C@H]2OC[C@@](C)(CN(O)C(=O)c3ccccc3)[C@@H]2O)cc1. The second-order valence-corrected chi connectivity index (χ2v) is 8.33. The first-order valence-electron chi connectivity index (χ1n) is 10.1. The number of aliphatic hydroxyl groups is 1. The quantitative estimate of drug-likeness (QED) is 0.460. The molecule has 0 unspecified atom stereocenters. The number of anilines is 1. The van der Waals surface area contributed by atoms with Gasteiger partial charge in [0.05, 0.1) is 19.3 Å². The largest absolute Gasteiger partial charge is 0.390 e. The summed E-state index contributed by atoms with van der Waals surface area (Å²) >= 11 is 0. The first-order valence-corrected chi connectivity index (χ1v) is 10.1. The molecule has 3 atom stereocenters. The summed E-state index contributed by atoms with van der Waals surface area (Å²) in [5.74, 6) is -0.815. The van der Waals surface area contributed by atoms with Crippen molar-refractivity contribution in [3.8, 4) is 0 Å². The molecule has 2 aromatic carbocycles. The zero-order valence-electron chi connectivity index (χ0n) is 18.0. The van der Waals surface area contributed by atoms with Crippen molar-refractivity contribution in [1.82, 2.24) is 10.4 Å². The molecule has 3 rings (SSSR count). The molecule has 0 bridgehead atoms. The van der Waals surface area contributed by atoms with E-state index in [-0.39, 0.29) is 25.6 Å². The summed E-state index contributed by atoms with van der Waals surface area (Å²) in [4.78, 5) is 26.8. The predicted molar refractivity (Wildman–Crippen MR) is 116 cm³/mol. The van der Waals surface area contributed by atoms with Crippen LogP contribution in [0.3, 0.4) is 0 Å². The average molecular weight is 428 g/mol. The molecule has 1 saturated heterocycles. The van der Waals surface area contributed by atoms with Crippen molar-refractivity contribution in [1.29, 1.82) is 0 Å². The van der Waals surface area contributed by atoms with E-state index in [0.717, 1.165) is 5.69 Å². The number of hydroxylamine groups is 2. The molecule has 1 heterocycles. The van der Waals surface area contributed by atoms with E-state index in [9.17, 15) is 19.9 Å². The summed E-state index contributed by atoms with van der Waals surface area (Å²) in [5.41, 5.74) is 0.976. The van der Waals surface area contributed by atoms with Crippen molar-refractivity contribution < 1.29 is 24.6 Å². The van der Waals surface area contributed by atoms with E-state index in [1.807, 2.05) is 31.1 Å². The predicted octanol–water partition coefficient (Wildman–Crippen LogP) is 1.78. The normalized spacial score (nSPS) is 22.7. The van der Waals surface area contributed by atoms with E-state index < -0.39 is 23.5 Å². The Morgan fingerprint density at radius 1 is 1.10 bits per heavy atom. The summed E-state index contributed by atoms with van der Waals surface area (Å²) in [5, 5.41) is 24.4. The smallest absolute Gasteiger partial charge is 0.277 e. The van der Waals surface area contributed by atoms with Crippen LogP contribution in [0.15, 0.2) is 54.6 Å². The van der Waals surface area contributed by atoms with Crippen LogP contribution in [0, 0.1) is 5.41 Å². The molecule has 2 amide bonds. The Labute approximate surface area is 182 Å². The zero-order valence-corrected chi connectivity index (χ0v) is 18.0. The Morgan fingerprint density at radius 2 is 1.74 bits per heavy atom. The third-order valence-corrected chi connectivity index (χ3v) is 5.57. The van der Waals surface area contributed by atoms with Gasteiger partial charge in [-0.05, 0) is 36.4 Å². The van der Waals surface area contributed by atoms with Crippen molar-refractivity contribution in [3.63, 3.8) is 0 Å². The van der Waals surface area contributed by atoms with Crippen molar-refractivity contribution in [2.24, 2.45) is 5.41 Å². The molecule has 8 heteroatoms. The Hall–Kier alpha value is -2.94. The van der Waals surface area contributed by atoms with Gasteiger partial charge in [-0.15, -0.1) is 0 Å². The highest BCUT2D eigenvalue weighted by molar-refractivity contribution is 5.94. The van der Waals surface area contributed by atoms with E-state index in [0.29, 0.717) is 16.2 Å². The molecule has 8 nitrogen and oxygen atoms in total. The highest BCUT2D eigenvalue weighted by Gasteiger charge is 2.47. The molecule has 1 fully saturated rings. The minimum atomic E-state index is -0.970. The van der Waals surface area contributed by atoms with E-state index in [1.54, 1.807) is 49.4 Å². The van der Waals surface area contributed by atoms with E-state index in [4.69, 9.17) is 4.74 Å². The maximum atomic E-state index is 12.4. The minimum absolute atomic E-state index is 0.0989. The van der Waals surface area contributed by atoms with Crippen molar-refractivity contribution in [2.75, 3.05) is 38.7 Å². The third kappa shape index (κ3) is 5.22. The zero-order chi connectivity index (χ0) is 22.6. The fraction of sp³-hybridized carbons (Fsp3) is 0.391. The average Bonchev–Trinajstić information content (AvgIpc) is 3.05. The molecule has 2 aromatic rings. The molecule has 0 radical (unpaired) electrons. The molecule has 0 spiro atoms. The number of hydrogen-bond acceptors (Lipinski definition) is 6. The number of nitrogens with zero attached hydrogens (tertiary/aromatic N) is 2. The van der Waals surface area contributed by atoms with Crippen LogP contribution in [-0.2, 0) is 4.74 Å². The number of amides is 2. The summed E-state index contributed by atoms with van der Waals surface area (Å²) in [6, 6.07) is 15.6. The molecule has 3 N–H and O–H groups in total. The number of hydrogen-bond donors (Lipinski definition) is 3. The highest BCUT2D eigenvalue weighted by Crippen LogP contribution is 2.33. The fourth-order valence-corrected chi connectivity index (χ4v) is 3.58. The standard InChI is InChI=1S/C23H29N3O5/c1-23(14-26(30)22(29)17-7-5-4-6-8-17)15-31-19(20(23)27)13-24-21(28)16-9-11-18(12-10-16)25(2)3/h4-12,19-20,27,30H,13-15H2,1-3H3,(H,24,28)/t19-,20-,23-/m1/s1. The molecule has 166 valence electrons. The van der Waals surface area contributed by atoms with Crippen LogP contribution in [0.25, 0.3) is 0 Å². The Balaban J connectivity index is 1.55. The van der Waals surface area contributed by atoms with Gasteiger partial charge in [-0.2, -0.15) is 0 Å². The van der Waals surface area contributed by atoms with Gasteiger partial charge in [-0.3, -0.25) is 14.8 Å². The van der Waals surface area contributed by atoms with Gasteiger partial charge in [0.2, 0.25) is 0 Å². The first kappa shape index (κ1) is 22.7. The summed E-state index contributed by atoms with van der Waals surface area (Å²) in [7, 11) is 3.84. The van der Waals surface area contributed by atoms with Crippen molar-refractivity contribution in [3.05, 3.63) is 65.7 Å². The van der Waals surface area contributed by atoms with Gasteiger partial charge in [0.25, 0.3) is 11.8 Å². The van der Waals surface area contributed by atoms with Gasteiger partial charge in [-0.1, -0.05) is 25.1 Å². The maximum Gasteiger partial charge on any atom is 0.277 e. The number of carbonyl (C=O) groups excluding carboxylic acids is 2. The van der Waals surface area contributed by atoms with E-state index in [2.05, 4.69) is 5.32 Å². The molecule has 1 aliphatic heterocycles. The van der Waals surface area contributed by atoms with Gasteiger partial charge in [0.1, 0.15) is 6.10 Å². The van der Waals surface area contributed by atoms with Crippen LogP contribution in [0.5, 0.6) is 0 Å². The van der Waals surface area contributed by atoms with E-state index in [1.165, 1.54) is 0 Å². The summed E-state index contributed by atoms with van der Waals surface area (Å²) in [6.45, 7) is 1.90. The Morgan fingerprint density at radius 3 is 2.35 bits per heavy atom. The topological polar surface area (TPSA) is 102 Å². The molecule has 0 saturated carbocycles. The lowest BCUT2D eigenvalue weighted by atomic mass is 9.84. The second kappa shape index (κ2) is 9.47. The summed E-state index contributed by atoms with van der Waals surface area (Å²) < 4.78 is 5.68. The van der Waals surface area contributed by atoms with Crippen LogP contribution in [0.1, 0.15) is 27.6 Å². The first-order chi connectivity index (χ1) is 14.7. The number of carbonyl (C=O) groups is 2. The number of ether oxygens (including phenoxy) is 1. The lowest BCUT2D eigenvalue weighted by Crippen LogP contribution is -2.47. The number of nitrogens with one attached hydrogen (secondary N) is 1. The lowest BCUT2D eigenvalue weighted by Gasteiger charge is -2.31. The molecule has 0 aliphatic carbocycles. The van der Waals surface area contributed by atoms with Crippen molar-refractivity contribution in [2.45, 2.75) is 19.1 Å². The lowest BCUT2D eigenvalue weighted by molar-refractivity contribution is -0.0940. The molecular weight excluding hydrogens is 398 g/mol. The van der Waals surface area contributed by atoms with Crippen LogP contribution in [-0.4, -0.2) is 73.2 Å². The molecular formula is C23H29N3O5. The van der Waals surface area contributed by atoms with Gasteiger partial charge < -0.3 is 20.1 Å². The van der Waals surface area contributed by atoms with Crippen molar-refractivity contribution >= 4 is 17.5 Å². The number of aliphatic hydroxyl groups excluding tert-OH is 1. The Kier molecular flexibility index (Phi) is 6.94. The third-order valence-electron chi connectivity index (χ3n) is 5.57. The molecule has 1 aliphatic rings. The van der Waals surface area contributed by atoms with Gasteiger partial charge in [0.15, 0.2) is 0 Å². The molecule has 0 aromatic heterocycles. The second-order valence-electron chi connectivity index (χ2n) is 8.33. The molecule has 31 heavy (non-hydrogen) atoms. The van der Waals surface area contributed by atoms with Gasteiger partial charge >= 0.3 is 0 Å². The highest BCUT2D eigenvalue weighted by atomic mass is 16.5.